The molecule has 1 aromatic rings. The van der Waals surface area contributed by atoms with Gasteiger partial charge in [-0.05, 0) is 18.4 Å². The van der Waals surface area contributed by atoms with E-state index in [1.54, 1.807) is 5.57 Å². The van der Waals surface area contributed by atoms with Gasteiger partial charge in [0.2, 0.25) is 0 Å². The summed E-state index contributed by atoms with van der Waals surface area (Å²) in [5.41, 5.74) is 2.94. The molecular weight excluding hydrogens is 208 g/mol. The molecule has 0 aromatic heterocycles. The number of hydrogen-bond acceptors (Lipinski definition) is 2. The van der Waals surface area contributed by atoms with Crippen molar-refractivity contribution >= 4 is 6.08 Å². The Morgan fingerprint density at radius 2 is 2.12 bits per heavy atom. The molecule has 1 N–H and O–H groups in total. The van der Waals surface area contributed by atoms with Gasteiger partial charge in [0.25, 0.3) is 0 Å². The lowest BCUT2D eigenvalue weighted by Crippen LogP contribution is -2.53. The second-order valence-electron chi connectivity index (χ2n) is 5.08. The van der Waals surface area contributed by atoms with Crippen LogP contribution in [0.25, 0.3) is 6.08 Å². The average molecular weight is 228 g/mol. The van der Waals surface area contributed by atoms with Crippen molar-refractivity contribution in [2.45, 2.75) is 18.9 Å². The smallest absolute Gasteiger partial charge is 0.0227 e. The van der Waals surface area contributed by atoms with Crippen LogP contribution in [0.1, 0.15) is 18.4 Å². The molecule has 17 heavy (non-hydrogen) atoms. The minimum Gasteiger partial charge on any atom is -0.314 e. The summed E-state index contributed by atoms with van der Waals surface area (Å²) in [6.45, 7) is 4.70. The van der Waals surface area contributed by atoms with Gasteiger partial charge in [0.1, 0.15) is 0 Å². The second-order valence-corrected chi connectivity index (χ2v) is 5.08. The molecule has 2 saturated heterocycles. The molecule has 2 heterocycles. The third-order valence-electron chi connectivity index (χ3n) is 3.85. The third kappa shape index (κ3) is 2.59. The van der Waals surface area contributed by atoms with E-state index in [1.165, 1.54) is 38.0 Å². The number of piperidine rings is 1. The monoisotopic (exact) mass is 228 g/mol. The predicted molar refractivity (Wildman–Crippen MR) is 71.9 cm³/mol. The number of rotatable bonds is 1. The summed E-state index contributed by atoms with van der Waals surface area (Å²) in [7, 11) is 0. The second kappa shape index (κ2) is 5.03. The van der Waals surface area contributed by atoms with Gasteiger partial charge in [0.15, 0.2) is 0 Å². The van der Waals surface area contributed by atoms with Gasteiger partial charge in [-0.3, -0.25) is 4.90 Å². The molecular formula is C15H20N2. The molecule has 0 amide bonds. The van der Waals surface area contributed by atoms with Crippen molar-refractivity contribution in [1.29, 1.82) is 0 Å². The highest BCUT2D eigenvalue weighted by Gasteiger charge is 2.26. The van der Waals surface area contributed by atoms with E-state index in [0.717, 1.165) is 12.6 Å². The quantitative estimate of drug-likeness (QED) is 0.792. The van der Waals surface area contributed by atoms with Crippen LogP contribution in [0.3, 0.4) is 0 Å². The zero-order valence-electron chi connectivity index (χ0n) is 10.2. The van der Waals surface area contributed by atoms with Crippen molar-refractivity contribution < 1.29 is 0 Å². The van der Waals surface area contributed by atoms with E-state index in [1.807, 2.05) is 0 Å². The van der Waals surface area contributed by atoms with E-state index in [4.69, 9.17) is 0 Å². The average Bonchev–Trinajstić information content (AvgIpc) is 2.40. The van der Waals surface area contributed by atoms with Gasteiger partial charge in [-0.2, -0.15) is 0 Å². The Morgan fingerprint density at radius 1 is 1.24 bits per heavy atom. The van der Waals surface area contributed by atoms with E-state index in [9.17, 15) is 0 Å². The Bertz CT molecular complexity index is 397. The number of piperazine rings is 1. The van der Waals surface area contributed by atoms with Gasteiger partial charge in [-0.1, -0.05) is 42.0 Å². The lowest BCUT2D eigenvalue weighted by molar-refractivity contribution is 0.147. The van der Waals surface area contributed by atoms with Crippen LogP contribution in [0.15, 0.2) is 35.9 Å². The van der Waals surface area contributed by atoms with Gasteiger partial charge in [-0.15, -0.1) is 0 Å². The Morgan fingerprint density at radius 3 is 3.00 bits per heavy atom. The molecule has 0 bridgehead atoms. The Balaban J connectivity index is 1.71. The van der Waals surface area contributed by atoms with Gasteiger partial charge >= 0.3 is 0 Å². The Hall–Kier alpha value is -1.12. The number of nitrogens with zero attached hydrogens (tertiary/aromatic N) is 1. The first-order valence-corrected chi connectivity index (χ1v) is 6.61. The first kappa shape index (κ1) is 11.0. The van der Waals surface area contributed by atoms with E-state index in [-0.39, 0.29) is 0 Å². The fourth-order valence-corrected chi connectivity index (χ4v) is 2.89. The molecule has 90 valence electrons. The van der Waals surface area contributed by atoms with Crippen LogP contribution in [-0.4, -0.2) is 37.1 Å². The van der Waals surface area contributed by atoms with Crippen LogP contribution in [0.4, 0.5) is 0 Å². The minimum absolute atomic E-state index is 0.775. The van der Waals surface area contributed by atoms with Crippen LogP contribution in [0.2, 0.25) is 0 Å². The molecule has 2 aliphatic rings. The fraction of sp³-hybridized carbons (Fsp3) is 0.467. The molecule has 0 aliphatic carbocycles. The molecule has 2 aliphatic heterocycles. The predicted octanol–water partition coefficient (Wildman–Crippen LogP) is 2.14. The number of benzene rings is 1. The minimum atomic E-state index is 0.775. The number of hydrogen-bond donors (Lipinski definition) is 1. The molecule has 2 heteroatoms. The van der Waals surface area contributed by atoms with E-state index >= 15 is 0 Å². The number of nitrogens with one attached hydrogen (secondary N) is 1. The summed E-state index contributed by atoms with van der Waals surface area (Å²) in [5, 5.41) is 3.49. The molecule has 1 unspecified atom stereocenters. The van der Waals surface area contributed by atoms with Crippen molar-refractivity contribution in [2.24, 2.45) is 0 Å². The molecule has 2 fully saturated rings. The normalized spacial score (nSPS) is 28.0. The van der Waals surface area contributed by atoms with Gasteiger partial charge < -0.3 is 5.32 Å². The number of fused-ring (bicyclic) bond motifs is 1. The van der Waals surface area contributed by atoms with Crippen LogP contribution in [-0.2, 0) is 0 Å². The SMILES string of the molecule is C(=C1/CCC2CNCCN2C1)/c1ccccc1. The van der Waals surface area contributed by atoms with Crippen LogP contribution < -0.4 is 5.32 Å². The van der Waals surface area contributed by atoms with Crippen LogP contribution in [0.5, 0.6) is 0 Å². The summed E-state index contributed by atoms with van der Waals surface area (Å²) >= 11 is 0. The topological polar surface area (TPSA) is 15.3 Å². The zero-order chi connectivity index (χ0) is 11.5. The lowest BCUT2D eigenvalue weighted by atomic mass is 9.95. The fourth-order valence-electron chi connectivity index (χ4n) is 2.89. The van der Waals surface area contributed by atoms with E-state index in [0.29, 0.717) is 0 Å². The maximum absolute atomic E-state index is 3.49. The summed E-state index contributed by atoms with van der Waals surface area (Å²) in [6, 6.07) is 11.5. The molecule has 2 nitrogen and oxygen atoms in total. The molecule has 0 radical (unpaired) electrons. The summed E-state index contributed by atoms with van der Waals surface area (Å²) in [5.74, 6) is 0. The molecule has 0 spiro atoms. The highest BCUT2D eigenvalue weighted by atomic mass is 15.2. The van der Waals surface area contributed by atoms with Crippen molar-refractivity contribution in [3.05, 3.63) is 41.5 Å². The maximum Gasteiger partial charge on any atom is 0.0227 e. The summed E-state index contributed by atoms with van der Waals surface area (Å²) < 4.78 is 0. The van der Waals surface area contributed by atoms with Crippen molar-refractivity contribution in [2.75, 3.05) is 26.2 Å². The highest BCUT2D eigenvalue weighted by Crippen LogP contribution is 2.23. The van der Waals surface area contributed by atoms with Gasteiger partial charge in [0.05, 0.1) is 0 Å². The standard InChI is InChI=1S/C15H20N2/c1-2-4-13(5-3-1)10-14-6-7-15-11-16-8-9-17(15)12-14/h1-5,10,15-16H,6-9,11-12H2/b14-10+. The highest BCUT2D eigenvalue weighted by molar-refractivity contribution is 5.53. The van der Waals surface area contributed by atoms with Gasteiger partial charge in [-0.25, -0.2) is 0 Å². The van der Waals surface area contributed by atoms with Crippen LogP contribution >= 0.6 is 0 Å². The van der Waals surface area contributed by atoms with E-state index in [2.05, 4.69) is 46.6 Å². The molecule has 1 atom stereocenters. The summed E-state index contributed by atoms with van der Waals surface area (Å²) in [6.07, 6.45) is 4.95. The van der Waals surface area contributed by atoms with Crippen molar-refractivity contribution in [1.82, 2.24) is 10.2 Å². The first-order valence-electron chi connectivity index (χ1n) is 6.61. The Kier molecular flexibility index (Phi) is 3.25. The summed E-state index contributed by atoms with van der Waals surface area (Å²) in [4.78, 5) is 2.63. The molecule has 1 aromatic carbocycles. The molecule has 0 saturated carbocycles. The first-order chi connectivity index (χ1) is 8.42. The maximum atomic E-state index is 3.49. The van der Waals surface area contributed by atoms with Crippen LogP contribution in [0, 0.1) is 0 Å². The molecule has 3 rings (SSSR count). The Labute approximate surface area is 103 Å². The van der Waals surface area contributed by atoms with Crippen molar-refractivity contribution in [3.8, 4) is 0 Å². The van der Waals surface area contributed by atoms with E-state index < -0.39 is 0 Å². The lowest BCUT2D eigenvalue weighted by Gasteiger charge is -2.40. The third-order valence-corrected chi connectivity index (χ3v) is 3.85. The van der Waals surface area contributed by atoms with Gasteiger partial charge in [0, 0.05) is 32.2 Å². The largest absolute Gasteiger partial charge is 0.314 e. The zero-order valence-corrected chi connectivity index (χ0v) is 10.2. The van der Waals surface area contributed by atoms with Crippen molar-refractivity contribution in [3.63, 3.8) is 0 Å².